The van der Waals surface area contributed by atoms with Gasteiger partial charge in [0.1, 0.15) is 0 Å². The Morgan fingerprint density at radius 3 is 2.63 bits per heavy atom. The van der Waals surface area contributed by atoms with E-state index in [4.69, 9.17) is 5.26 Å². The molecule has 0 aliphatic heterocycles. The summed E-state index contributed by atoms with van der Waals surface area (Å²) < 4.78 is 0. The smallest absolute Gasteiger partial charge is 0.316 e. The van der Waals surface area contributed by atoms with E-state index in [0.29, 0.717) is 5.69 Å². The summed E-state index contributed by atoms with van der Waals surface area (Å²) in [5, 5.41) is 23.4. The molecule has 2 atom stereocenters. The van der Waals surface area contributed by atoms with Crippen LogP contribution in [0.3, 0.4) is 0 Å². The van der Waals surface area contributed by atoms with Crippen LogP contribution in [-0.2, 0) is 0 Å². The molecule has 0 saturated heterocycles. The number of rotatable bonds is 3. The van der Waals surface area contributed by atoms with Crippen LogP contribution >= 0.6 is 0 Å². The summed E-state index contributed by atoms with van der Waals surface area (Å²) in [7, 11) is 0. The van der Waals surface area contributed by atoms with E-state index in [0.717, 1.165) is 5.56 Å². The third-order valence-electron chi connectivity index (χ3n) is 3.08. The summed E-state index contributed by atoms with van der Waals surface area (Å²) in [5.41, 5.74) is 0.0674. The number of benzene rings is 1. The van der Waals surface area contributed by atoms with Crippen LogP contribution in [0, 0.1) is 34.3 Å². The lowest BCUT2D eigenvalue weighted by atomic mass is 9.89. The van der Waals surface area contributed by atoms with Crippen molar-refractivity contribution in [3.8, 4) is 6.07 Å². The van der Waals surface area contributed by atoms with Crippen LogP contribution < -0.4 is 5.32 Å². The first-order valence-electron chi connectivity index (χ1n) is 5.83. The van der Waals surface area contributed by atoms with Crippen molar-refractivity contribution >= 4 is 5.69 Å². The lowest BCUT2D eigenvalue weighted by molar-refractivity contribution is -0.552. The lowest BCUT2D eigenvalue weighted by Gasteiger charge is -2.28. The van der Waals surface area contributed by atoms with E-state index < -0.39 is 16.5 Å². The van der Waals surface area contributed by atoms with Gasteiger partial charge in [-0.1, -0.05) is 35.9 Å². The van der Waals surface area contributed by atoms with Gasteiger partial charge in [-0.25, -0.2) is 0 Å². The summed E-state index contributed by atoms with van der Waals surface area (Å²) >= 11 is 0. The molecule has 0 heterocycles. The summed E-state index contributed by atoms with van der Waals surface area (Å²) in [4.78, 5) is 11.0. The van der Waals surface area contributed by atoms with Crippen molar-refractivity contribution in [1.82, 2.24) is 0 Å². The Morgan fingerprint density at radius 2 is 2.05 bits per heavy atom. The fourth-order valence-corrected chi connectivity index (χ4v) is 1.98. The van der Waals surface area contributed by atoms with E-state index in [-0.39, 0.29) is 0 Å². The second kappa shape index (κ2) is 4.94. The lowest BCUT2D eigenvalue weighted by Crippen LogP contribution is -2.50. The third-order valence-corrected chi connectivity index (χ3v) is 3.08. The molecule has 5 nitrogen and oxygen atoms in total. The molecule has 0 saturated carbocycles. The van der Waals surface area contributed by atoms with Crippen molar-refractivity contribution in [1.29, 1.82) is 5.26 Å². The van der Waals surface area contributed by atoms with Crippen molar-refractivity contribution in [2.75, 3.05) is 5.32 Å². The molecule has 1 N–H and O–H groups in total. The number of nitrogens with one attached hydrogen (secondary N) is 1. The minimum absolute atomic E-state index is 0.458. The number of hydrogen-bond acceptors (Lipinski definition) is 4. The first-order valence-corrected chi connectivity index (χ1v) is 5.83. The summed E-state index contributed by atoms with van der Waals surface area (Å²) in [6.45, 7) is 1.94. The van der Waals surface area contributed by atoms with Gasteiger partial charge in [0.2, 0.25) is 0 Å². The SMILES string of the molecule is Cc1ccc(NC2([N+](=O)[O-])C=CC=CC2C#N)cc1. The molecule has 0 bridgehead atoms. The van der Waals surface area contributed by atoms with Gasteiger partial charge in [-0.3, -0.25) is 10.1 Å². The maximum absolute atomic E-state index is 11.4. The Kier molecular flexibility index (Phi) is 3.34. The van der Waals surface area contributed by atoms with E-state index in [1.54, 1.807) is 24.3 Å². The molecular formula is C14H13N3O2. The topological polar surface area (TPSA) is 79.0 Å². The standard InChI is InChI=1S/C14H13N3O2/c1-11-5-7-13(8-6-11)16-14(17(18)19)9-3-2-4-12(14)10-15/h2-9,12,16H,1H3. The Labute approximate surface area is 111 Å². The molecule has 1 aromatic carbocycles. The van der Waals surface area contributed by atoms with E-state index in [2.05, 4.69) is 5.32 Å². The molecule has 0 fully saturated rings. The number of nitro groups is 1. The van der Waals surface area contributed by atoms with Gasteiger partial charge >= 0.3 is 5.66 Å². The number of nitriles is 1. The maximum Gasteiger partial charge on any atom is 0.332 e. The highest BCUT2D eigenvalue weighted by atomic mass is 16.6. The molecule has 5 heteroatoms. The largest absolute Gasteiger partial charge is 0.332 e. The monoisotopic (exact) mass is 255 g/mol. The normalized spacial score (nSPS) is 24.7. The van der Waals surface area contributed by atoms with Gasteiger partial charge in [0, 0.05) is 11.8 Å². The number of aryl methyl sites for hydroxylation is 1. The van der Waals surface area contributed by atoms with Gasteiger partial charge in [-0.2, -0.15) is 5.26 Å². The second-order valence-corrected chi connectivity index (χ2v) is 4.42. The van der Waals surface area contributed by atoms with Crippen LogP contribution in [0.15, 0.2) is 48.6 Å². The molecule has 1 aliphatic rings. The van der Waals surface area contributed by atoms with E-state index >= 15 is 0 Å². The van der Waals surface area contributed by atoms with Crippen molar-refractivity contribution in [2.45, 2.75) is 12.6 Å². The Morgan fingerprint density at radius 1 is 1.37 bits per heavy atom. The summed E-state index contributed by atoms with van der Waals surface area (Å²) in [6.07, 6.45) is 6.18. The zero-order valence-electron chi connectivity index (χ0n) is 10.4. The van der Waals surface area contributed by atoms with Gasteiger partial charge in [-0.15, -0.1) is 0 Å². The highest BCUT2D eigenvalue weighted by Gasteiger charge is 2.48. The zero-order chi connectivity index (χ0) is 13.9. The van der Waals surface area contributed by atoms with Crippen molar-refractivity contribution in [2.24, 2.45) is 5.92 Å². The van der Waals surface area contributed by atoms with Crippen LogP contribution in [-0.4, -0.2) is 10.6 Å². The van der Waals surface area contributed by atoms with Crippen LogP contribution in [0.4, 0.5) is 5.69 Å². The maximum atomic E-state index is 11.4. The van der Waals surface area contributed by atoms with E-state index in [1.807, 2.05) is 25.1 Å². The molecule has 19 heavy (non-hydrogen) atoms. The predicted octanol–water partition coefficient (Wildman–Crippen LogP) is 2.65. The molecule has 2 rings (SSSR count). The summed E-state index contributed by atoms with van der Waals surface area (Å²) in [6, 6.07) is 9.22. The van der Waals surface area contributed by atoms with Gasteiger partial charge in [-0.05, 0) is 19.1 Å². The average Bonchev–Trinajstić information content (AvgIpc) is 2.41. The highest BCUT2D eigenvalue weighted by molar-refractivity contribution is 5.49. The van der Waals surface area contributed by atoms with E-state index in [9.17, 15) is 10.1 Å². The second-order valence-electron chi connectivity index (χ2n) is 4.42. The summed E-state index contributed by atoms with van der Waals surface area (Å²) in [5.74, 6) is -0.853. The third kappa shape index (κ3) is 2.33. The average molecular weight is 255 g/mol. The van der Waals surface area contributed by atoms with Gasteiger partial charge in [0.15, 0.2) is 5.92 Å². The number of allylic oxidation sites excluding steroid dienone is 2. The first kappa shape index (κ1) is 12.8. The molecule has 1 aliphatic carbocycles. The Hall–Kier alpha value is -2.61. The molecule has 0 radical (unpaired) electrons. The molecule has 1 aromatic rings. The molecule has 2 unspecified atom stereocenters. The number of hydrogen-bond donors (Lipinski definition) is 1. The number of anilines is 1. The molecule has 0 aromatic heterocycles. The van der Waals surface area contributed by atoms with Crippen LogP contribution in [0.1, 0.15) is 5.56 Å². The van der Waals surface area contributed by atoms with Crippen molar-refractivity contribution in [3.05, 3.63) is 64.2 Å². The Balaban J connectivity index is 2.38. The fraction of sp³-hybridized carbons (Fsp3) is 0.214. The minimum atomic E-state index is -1.61. The fourth-order valence-electron chi connectivity index (χ4n) is 1.98. The van der Waals surface area contributed by atoms with Crippen molar-refractivity contribution in [3.63, 3.8) is 0 Å². The van der Waals surface area contributed by atoms with Gasteiger partial charge < -0.3 is 5.32 Å². The van der Waals surface area contributed by atoms with Gasteiger partial charge in [0.25, 0.3) is 0 Å². The molecular weight excluding hydrogens is 242 g/mol. The molecule has 0 amide bonds. The molecule has 96 valence electrons. The highest BCUT2D eigenvalue weighted by Crippen LogP contribution is 2.29. The number of nitrogens with zero attached hydrogens (tertiary/aromatic N) is 2. The minimum Gasteiger partial charge on any atom is -0.316 e. The Bertz CT molecular complexity index is 584. The predicted molar refractivity (Wildman–Crippen MR) is 71.9 cm³/mol. The van der Waals surface area contributed by atoms with Crippen LogP contribution in [0.2, 0.25) is 0 Å². The van der Waals surface area contributed by atoms with E-state index in [1.165, 1.54) is 12.2 Å². The zero-order valence-corrected chi connectivity index (χ0v) is 10.4. The van der Waals surface area contributed by atoms with Crippen LogP contribution in [0.25, 0.3) is 0 Å². The molecule has 0 spiro atoms. The quantitative estimate of drug-likeness (QED) is 0.511. The first-order chi connectivity index (χ1) is 9.08. The van der Waals surface area contributed by atoms with Gasteiger partial charge in [0.05, 0.1) is 11.0 Å². The van der Waals surface area contributed by atoms with Crippen LogP contribution in [0.5, 0.6) is 0 Å². The van der Waals surface area contributed by atoms with Crippen molar-refractivity contribution < 1.29 is 4.92 Å².